The second-order valence-electron chi connectivity index (χ2n) is 6.21. The number of nitrogens with zero attached hydrogens (tertiary/aromatic N) is 2. The molecule has 6 nitrogen and oxygen atoms in total. The maximum atomic E-state index is 12.5. The van der Waals surface area contributed by atoms with E-state index in [1.807, 2.05) is 38.1 Å². The predicted molar refractivity (Wildman–Crippen MR) is 98.8 cm³/mol. The first kappa shape index (κ1) is 18.7. The molecule has 0 aliphatic carbocycles. The van der Waals surface area contributed by atoms with Gasteiger partial charge in [0, 0.05) is 25.9 Å². The van der Waals surface area contributed by atoms with Crippen molar-refractivity contribution >= 4 is 11.7 Å². The molecule has 1 unspecified atom stereocenters. The minimum Gasteiger partial charge on any atom is -0.387 e. The summed E-state index contributed by atoms with van der Waals surface area (Å²) in [6.07, 6.45) is 0.840. The second-order valence-corrected chi connectivity index (χ2v) is 6.21. The Balaban J connectivity index is 2.09. The van der Waals surface area contributed by atoms with E-state index >= 15 is 0 Å². The summed E-state index contributed by atoms with van der Waals surface area (Å²) < 4.78 is 1.42. The van der Waals surface area contributed by atoms with Crippen molar-refractivity contribution < 1.29 is 9.90 Å². The third kappa shape index (κ3) is 4.70. The van der Waals surface area contributed by atoms with Crippen molar-refractivity contribution in [3.05, 3.63) is 63.6 Å². The van der Waals surface area contributed by atoms with Crippen molar-refractivity contribution in [3.63, 3.8) is 0 Å². The second kappa shape index (κ2) is 7.98. The molecule has 25 heavy (non-hydrogen) atoms. The molecule has 1 aromatic heterocycles. The summed E-state index contributed by atoms with van der Waals surface area (Å²) in [6, 6.07) is 8.76. The number of urea groups is 1. The topological polar surface area (TPSA) is 74.6 Å². The van der Waals surface area contributed by atoms with Crippen LogP contribution < -0.4 is 10.9 Å². The zero-order chi connectivity index (χ0) is 18.6. The van der Waals surface area contributed by atoms with Crippen molar-refractivity contribution in [3.8, 4) is 0 Å². The standard InChI is InChI=1S/C19H25N3O3/c1-5-22(12-17(23)15-8-6-13(2)7-9-15)19(25)20-16-11-21(4)18(24)10-14(16)3/h6-11,17,23H,5,12H2,1-4H3,(H,20,25). The molecule has 1 aromatic carbocycles. The number of likely N-dealkylation sites (N-methyl/N-ethyl adjacent to an activating group) is 1. The van der Waals surface area contributed by atoms with Gasteiger partial charge in [0.15, 0.2) is 0 Å². The van der Waals surface area contributed by atoms with Gasteiger partial charge >= 0.3 is 6.03 Å². The van der Waals surface area contributed by atoms with Crippen LogP contribution in [0.3, 0.4) is 0 Å². The normalized spacial score (nSPS) is 11.9. The van der Waals surface area contributed by atoms with Gasteiger partial charge in [-0.3, -0.25) is 4.79 Å². The number of pyridine rings is 1. The predicted octanol–water partition coefficient (Wildman–Crippen LogP) is 2.59. The molecule has 0 saturated carbocycles. The third-order valence-electron chi connectivity index (χ3n) is 4.20. The van der Waals surface area contributed by atoms with Crippen molar-refractivity contribution in [2.45, 2.75) is 26.9 Å². The van der Waals surface area contributed by atoms with Gasteiger partial charge < -0.3 is 19.9 Å². The van der Waals surface area contributed by atoms with Crippen LogP contribution in [0, 0.1) is 13.8 Å². The lowest BCUT2D eigenvalue weighted by molar-refractivity contribution is 0.128. The van der Waals surface area contributed by atoms with Crippen LogP contribution in [0.1, 0.15) is 29.7 Å². The molecule has 2 aromatic rings. The molecule has 0 bridgehead atoms. The van der Waals surface area contributed by atoms with E-state index < -0.39 is 6.10 Å². The summed E-state index contributed by atoms with van der Waals surface area (Å²) in [4.78, 5) is 25.7. The van der Waals surface area contributed by atoms with Crippen LogP contribution in [0.25, 0.3) is 0 Å². The van der Waals surface area contributed by atoms with E-state index in [2.05, 4.69) is 5.32 Å². The number of hydrogen-bond acceptors (Lipinski definition) is 3. The maximum Gasteiger partial charge on any atom is 0.321 e. The minimum atomic E-state index is -0.757. The monoisotopic (exact) mass is 343 g/mol. The lowest BCUT2D eigenvalue weighted by Crippen LogP contribution is -2.38. The smallest absolute Gasteiger partial charge is 0.321 e. The Hall–Kier alpha value is -2.60. The fourth-order valence-electron chi connectivity index (χ4n) is 2.51. The number of carbonyl (C=O) groups excluding carboxylic acids is 1. The maximum absolute atomic E-state index is 12.5. The van der Waals surface area contributed by atoms with Crippen molar-refractivity contribution in [1.29, 1.82) is 0 Å². The highest BCUT2D eigenvalue weighted by atomic mass is 16.3. The van der Waals surface area contributed by atoms with E-state index in [0.717, 1.165) is 11.1 Å². The van der Waals surface area contributed by atoms with Crippen LogP contribution in [0.5, 0.6) is 0 Å². The molecule has 0 saturated heterocycles. The van der Waals surface area contributed by atoms with E-state index in [-0.39, 0.29) is 18.1 Å². The number of rotatable bonds is 5. The summed E-state index contributed by atoms with van der Waals surface area (Å²) in [5.74, 6) is 0. The van der Waals surface area contributed by atoms with E-state index in [9.17, 15) is 14.7 Å². The van der Waals surface area contributed by atoms with Crippen molar-refractivity contribution in [1.82, 2.24) is 9.47 Å². The van der Waals surface area contributed by atoms with Crippen LogP contribution in [-0.4, -0.2) is 33.7 Å². The average Bonchev–Trinajstić information content (AvgIpc) is 2.57. The Bertz CT molecular complexity index is 797. The fraction of sp³-hybridized carbons (Fsp3) is 0.368. The minimum absolute atomic E-state index is 0.127. The Labute approximate surface area is 147 Å². The number of nitrogens with one attached hydrogen (secondary N) is 1. The first-order valence-electron chi connectivity index (χ1n) is 8.29. The molecule has 1 atom stereocenters. The summed E-state index contributed by atoms with van der Waals surface area (Å²) in [6.45, 7) is 6.26. The molecule has 6 heteroatoms. The number of carbonyl (C=O) groups is 1. The zero-order valence-electron chi connectivity index (χ0n) is 15.1. The number of amides is 2. The van der Waals surface area contributed by atoms with Crippen LogP contribution in [-0.2, 0) is 7.05 Å². The Morgan fingerprint density at radius 3 is 2.52 bits per heavy atom. The van der Waals surface area contributed by atoms with E-state index in [1.54, 1.807) is 20.2 Å². The number of aromatic nitrogens is 1. The van der Waals surface area contributed by atoms with Crippen LogP contribution in [0.4, 0.5) is 10.5 Å². The molecule has 2 N–H and O–H groups in total. The number of anilines is 1. The van der Waals surface area contributed by atoms with Crippen molar-refractivity contribution in [2.75, 3.05) is 18.4 Å². The molecule has 134 valence electrons. The van der Waals surface area contributed by atoms with Gasteiger partial charge in [-0.15, -0.1) is 0 Å². The zero-order valence-corrected chi connectivity index (χ0v) is 15.1. The van der Waals surface area contributed by atoms with Crippen LogP contribution >= 0.6 is 0 Å². The van der Waals surface area contributed by atoms with Crippen LogP contribution in [0.2, 0.25) is 0 Å². The Kier molecular flexibility index (Phi) is 5.98. The first-order chi connectivity index (χ1) is 11.8. The van der Waals surface area contributed by atoms with Crippen LogP contribution in [0.15, 0.2) is 41.3 Å². The quantitative estimate of drug-likeness (QED) is 0.876. The number of aliphatic hydroxyl groups excluding tert-OH is 1. The summed E-state index contributed by atoms with van der Waals surface area (Å²) >= 11 is 0. The molecular weight excluding hydrogens is 318 g/mol. The molecule has 2 amide bonds. The highest BCUT2D eigenvalue weighted by molar-refractivity contribution is 5.89. The summed E-state index contributed by atoms with van der Waals surface area (Å²) in [5, 5.41) is 13.2. The van der Waals surface area contributed by atoms with Gasteiger partial charge in [-0.05, 0) is 31.9 Å². The average molecular weight is 343 g/mol. The van der Waals surface area contributed by atoms with E-state index in [0.29, 0.717) is 17.8 Å². The van der Waals surface area contributed by atoms with Gasteiger partial charge in [0.05, 0.1) is 18.3 Å². The van der Waals surface area contributed by atoms with Gasteiger partial charge in [-0.25, -0.2) is 4.79 Å². The molecule has 0 spiro atoms. The Morgan fingerprint density at radius 1 is 1.28 bits per heavy atom. The molecular formula is C19H25N3O3. The number of aryl methyl sites for hydroxylation is 3. The fourth-order valence-corrected chi connectivity index (χ4v) is 2.51. The molecule has 2 rings (SSSR count). The highest BCUT2D eigenvalue weighted by Crippen LogP contribution is 2.17. The highest BCUT2D eigenvalue weighted by Gasteiger charge is 2.18. The number of aliphatic hydroxyl groups is 1. The molecule has 0 aliphatic rings. The molecule has 0 radical (unpaired) electrons. The number of benzene rings is 1. The lowest BCUT2D eigenvalue weighted by atomic mass is 10.1. The Morgan fingerprint density at radius 2 is 1.92 bits per heavy atom. The first-order valence-corrected chi connectivity index (χ1v) is 8.29. The number of hydrogen-bond donors (Lipinski definition) is 2. The lowest BCUT2D eigenvalue weighted by Gasteiger charge is -2.25. The summed E-state index contributed by atoms with van der Waals surface area (Å²) in [5.41, 5.74) is 3.04. The van der Waals surface area contributed by atoms with Gasteiger partial charge in [0.1, 0.15) is 0 Å². The largest absolute Gasteiger partial charge is 0.387 e. The third-order valence-corrected chi connectivity index (χ3v) is 4.20. The summed E-state index contributed by atoms with van der Waals surface area (Å²) in [7, 11) is 1.64. The van der Waals surface area contributed by atoms with Gasteiger partial charge in [-0.1, -0.05) is 29.8 Å². The van der Waals surface area contributed by atoms with Gasteiger partial charge in [0.25, 0.3) is 5.56 Å². The van der Waals surface area contributed by atoms with Gasteiger partial charge in [-0.2, -0.15) is 0 Å². The van der Waals surface area contributed by atoms with E-state index in [4.69, 9.17) is 0 Å². The van der Waals surface area contributed by atoms with E-state index in [1.165, 1.54) is 15.5 Å². The van der Waals surface area contributed by atoms with Gasteiger partial charge in [0.2, 0.25) is 0 Å². The molecule has 1 heterocycles. The molecule has 0 fully saturated rings. The molecule has 0 aliphatic heterocycles. The SMILES string of the molecule is CCN(CC(O)c1ccc(C)cc1)C(=O)Nc1cn(C)c(=O)cc1C. The van der Waals surface area contributed by atoms with Crippen molar-refractivity contribution in [2.24, 2.45) is 7.05 Å².